The number of fused-ring (bicyclic) bond motifs is 1. The first-order valence-corrected chi connectivity index (χ1v) is 10.4. The van der Waals surface area contributed by atoms with Crippen molar-refractivity contribution >= 4 is 40.8 Å². The summed E-state index contributed by atoms with van der Waals surface area (Å²) < 4.78 is 1.93. The quantitative estimate of drug-likeness (QED) is 0.181. The lowest BCUT2D eigenvalue weighted by molar-refractivity contribution is 0.686. The summed E-state index contributed by atoms with van der Waals surface area (Å²) in [5.41, 5.74) is 4.92. The lowest BCUT2D eigenvalue weighted by Gasteiger charge is -2.11. The second kappa shape index (κ2) is 11.5. The molecule has 4 rings (SSSR count). The highest BCUT2D eigenvalue weighted by molar-refractivity contribution is 14.0. The highest BCUT2D eigenvalue weighted by Crippen LogP contribution is 2.17. The van der Waals surface area contributed by atoms with E-state index >= 15 is 0 Å². The van der Waals surface area contributed by atoms with Crippen LogP contribution in [-0.4, -0.2) is 33.8 Å². The van der Waals surface area contributed by atoms with Gasteiger partial charge in [0.1, 0.15) is 0 Å². The normalized spacial score (nSPS) is 11.3. The Labute approximate surface area is 200 Å². The maximum atomic E-state index is 4.77. The van der Waals surface area contributed by atoms with Crippen molar-refractivity contribution in [3.8, 4) is 0 Å². The van der Waals surface area contributed by atoms with Crippen LogP contribution in [0.25, 0.3) is 10.9 Å². The summed E-state index contributed by atoms with van der Waals surface area (Å²) in [7, 11) is 0. The number of hydrogen-bond acceptors (Lipinski definition) is 2. The Morgan fingerprint density at radius 1 is 1.06 bits per heavy atom. The second-order valence-corrected chi connectivity index (χ2v) is 7.26. The molecule has 2 aromatic heterocycles. The fourth-order valence-corrected chi connectivity index (χ4v) is 3.57. The molecule has 0 saturated heterocycles. The van der Waals surface area contributed by atoms with Crippen LogP contribution < -0.4 is 10.6 Å². The number of aromatic amines is 1. The summed E-state index contributed by atoms with van der Waals surface area (Å²) >= 11 is 0. The van der Waals surface area contributed by atoms with Crippen LogP contribution in [0.5, 0.6) is 0 Å². The molecule has 0 aliphatic heterocycles. The molecule has 2 aromatic carbocycles. The van der Waals surface area contributed by atoms with Gasteiger partial charge in [0.2, 0.25) is 0 Å². The van der Waals surface area contributed by atoms with Gasteiger partial charge in [0.25, 0.3) is 0 Å². The van der Waals surface area contributed by atoms with Crippen molar-refractivity contribution in [2.75, 3.05) is 13.1 Å². The van der Waals surface area contributed by atoms with Crippen LogP contribution >= 0.6 is 24.0 Å². The lowest BCUT2D eigenvalue weighted by Crippen LogP contribution is -2.38. The predicted octanol–water partition coefficient (Wildman–Crippen LogP) is 4.33. The Bertz CT molecular complexity index is 1100. The van der Waals surface area contributed by atoms with E-state index in [4.69, 9.17) is 4.99 Å². The van der Waals surface area contributed by atoms with Gasteiger partial charge in [-0.15, -0.1) is 24.0 Å². The summed E-state index contributed by atoms with van der Waals surface area (Å²) in [5, 5.41) is 12.4. The number of hydrogen-bond donors (Lipinski definition) is 3. The summed E-state index contributed by atoms with van der Waals surface area (Å²) in [6.07, 6.45) is 6.82. The van der Waals surface area contributed by atoms with Crippen molar-refractivity contribution in [3.63, 3.8) is 0 Å². The van der Waals surface area contributed by atoms with E-state index in [9.17, 15) is 0 Å². The zero-order valence-corrected chi connectivity index (χ0v) is 20.0. The number of benzene rings is 2. The molecule has 0 aliphatic rings. The first-order valence-electron chi connectivity index (χ1n) is 10.4. The molecule has 4 aromatic rings. The smallest absolute Gasteiger partial charge is 0.191 e. The van der Waals surface area contributed by atoms with Crippen LogP contribution in [0.4, 0.5) is 0 Å². The van der Waals surface area contributed by atoms with Gasteiger partial charge >= 0.3 is 0 Å². The number of nitrogens with one attached hydrogen (secondary N) is 3. The fourth-order valence-electron chi connectivity index (χ4n) is 3.57. The third kappa shape index (κ3) is 6.33. The van der Waals surface area contributed by atoms with Crippen LogP contribution in [0.3, 0.4) is 0 Å². The van der Waals surface area contributed by atoms with Gasteiger partial charge in [-0.2, -0.15) is 5.10 Å². The number of aromatic nitrogens is 3. The molecule has 0 saturated carbocycles. The van der Waals surface area contributed by atoms with Gasteiger partial charge in [0, 0.05) is 42.6 Å². The minimum Gasteiger partial charge on any atom is -0.361 e. The average Bonchev–Trinajstić information content (AvgIpc) is 3.42. The number of aliphatic imine (C=N–C) groups is 1. The largest absolute Gasteiger partial charge is 0.361 e. The van der Waals surface area contributed by atoms with E-state index in [1.807, 2.05) is 16.9 Å². The monoisotopic (exact) mass is 528 g/mol. The number of halogens is 1. The Balaban J connectivity index is 0.00000272. The lowest BCUT2D eigenvalue weighted by atomic mass is 10.1. The molecule has 0 fully saturated rings. The molecule has 6 nitrogen and oxygen atoms in total. The van der Waals surface area contributed by atoms with Gasteiger partial charge in [0.05, 0.1) is 13.1 Å². The van der Waals surface area contributed by atoms with Gasteiger partial charge < -0.3 is 15.6 Å². The topological polar surface area (TPSA) is 70.0 Å². The zero-order valence-electron chi connectivity index (χ0n) is 17.7. The molecule has 0 bridgehead atoms. The Hall–Kier alpha value is -2.81. The summed E-state index contributed by atoms with van der Waals surface area (Å²) in [4.78, 5) is 8.11. The van der Waals surface area contributed by atoms with E-state index in [2.05, 4.69) is 82.4 Å². The van der Waals surface area contributed by atoms with Crippen LogP contribution in [0.2, 0.25) is 0 Å². The third-order valence-corrected chi connectivity index (χ3v) is 5.02. The van der Waals surface area contributed by atoms with Gasteiger partial charge in [-0.1, -0.05) is 42.5 Å². The molecule has 3 N–H and O–H groups in total. The van der Waals surface area contributed by atoms with E-state index < -0.39 is 0 Å². The number of nitrogens with zero attached hydrogens (tertiary/aromatic N) is 3. The van der Waals surface area contributed by atoms with Crippen molar-refractivity contribution in [3.05, 3.63) is 89.9 Å². The molecule has 0 spiro atoms. The number of rotatable bonds is 8. The van der Waals surface area contributed by atoms with E-state index in [0.717, 1.165) is 32.0 Å². The fraction of sp³-hybridized carbons (Fsp3) is 0.250. The Kier molecular flexibility index (Phi) is 8.52. The molecule has 2 heterocycles. The van der Waals surface area contributed by atoms with Crippen molar-refractivity contribution in [2.45, 2.75) is 26.4 Å². The first kappa shape index (κ1) is 22.9. The van der Waals surface area contributed by atoms with Crippen molar-refractivity contribution in [1.82, 2.24) is 25.4 Å². The number of para-hydroxylation sites is 1. The number of H-pyrrole nitrogens is 1. The van der Waals surface area contributed by atoms with Crippen LogP contribution in [0, 0.1) is 0 Å². The molecular weight excluding hydrogens is 499 g/mol. The Morgan fingerprint density at radius 3 is 2.77 bits per heavy atom. The minimum atomic E-state index is 0. The molecule has 0 aliphatic carbocycles. The van der Waals surface area contributed by atoms with Crippen molar-refractivity contribution in [2.24, 2.45) is 4.99 Å². The van der Waals surface area contributed by atoms with Gasteiger partial charge in [-0.05, 0) is 42.2 Å². The highest BCUT2D eigenvalue weighted by atomic mass is 127. The third-order valence-electron chi connectivity index (χ3n) is 5.02. The second-order valence-electron chi connectivity index (χ2n) is 7.26. The molecule has 0 unspecified atom stereocenters. The molecule has 0 amide bonds. The molecule has 0 radical (unpaired) electrons. The van der Waals surface area contributed by atoms with Gasteiger partial charge in [0.15, 0.2) is 5.96 Å². The van der Waals surface area contributed by atoms with Crippen LogP contribution in [0.1, 0.15) is 23.6 Å². The van der Waals surface area contributed by atoms with E-state index in [1.165, 1.54) is 27.6 Å². The maximum absolute atomic E-state index is 4.77. The standard InChI is InChI=1S/C24H28N6.HI/c1-2-25-24(26-13-11-21-17-27-23-10-4-3-9-22(21)23)28-16-19-7-5-8-20(15-19)18-30-14-6-12-29-30;/h3-10,12,14-15,17,27H,2,11,13,16,18H2,1H3,(H2,25,26,28);1H. The van der Waals surface area contributed by atoms with Crippen LogP contribution in [-0.2, 0) is 19.5 Å². The van der Waals surface area contributed by atoms with Crippen molar-refractivity contribution < 1.29 is 0 Å². The van der Waals surface area contributed by atoms with Gasteiger partial charge in [-0.3, -0.25) is 4.68 Å². The molecule has 162 valence electrons. The Morgan fingerprint density at radius 2 is 1.94 bits per heavy atom. The van der Waals surface area contributed by atoms with E-state index in [1.54, 1.807) is 6.20 Å². The summed E-state index contributed by atoms with van der Waals surface area (Å²) in [6, 6.07) is 18.9. The zero-order chi connectivity index (χ0) is 20.6. The predicted molar refractivity (Wildman–Crippen MR) is 138 cm³/mol. The average molecular weight is 528 g/mol. The van der Waals surface area contributed by atoms with E-state index in [-0.39, 0.29) is 24.0 Å². The highest BCUT2D eigenvalue weighted by Gasteiger charge is 2.04. The summed E-state index contributed by atoms with van der Waals surface area (Å²) in [6.45, 7) is 5.15. The van der Waals surface area contributed by atoms with Gasteiger partial charge in [-0.25, -0.2) is 4.99 Å². The SMILES string of the molecule is CCNC(=NCc1cccc(Cn2cccn2)c1)NCCc1c[nH]c2ccccc12.I. The molecule has 31 heavy (non-hydrogen) atoms. The molecular formula is C24H29IN6. The van der Waals surface area contributed by atoms with Crippen LogP contribution in [0.15, 0.2) is 78.2 Å². The molecule has 7 heteroatoms. The maximum Gasteiger partial charge on any atom is 0.191 e. The summed E-state index contributed by atoms with van der Waals surface area (Å²) in [5.74, 6) is 0.842. The van der Waals surface area contributed by atoms with E-state index in [0.29, 0.717) is 6.54 Å². The minimum absolute atomic E-state index is 0. The molecule has 0 atom stereocenters. The van der Waals surface area contributed by atoms with Crippen molar-refractivity contribution in [1.29, 1.82) is 0 Å². The first-order chi connectivity index (χ1) is 14.8. The number of guanidine groups is 1.